The van der Waals surface area contributed by atoms with Crippen LogP contribution in [0.25, 0.3) is 0 Å². The molecule has 4 heteroatoms. The van der Waals surface area contributed by atoms with E-state index in [0.29, 0.717) is 29.6 Å². The largest absolute Gasteiger partial charge is 0.462 e. The van der Waals surface area contributed by atoms with Crippen LogP contribution in [0.2, 0.25) is 0 Å². The average Bonchev–Trinajstić information content (AvgIpc) is 3.15. The Morgan fingerprint density at radius 3 is 2.72 bits per heavy atom. The minimum Gasteiger partial charge on any atom is -0.462 e. The molecular formula is C21H30O4. The predicted molar refractivity (Wildman–Crippen MR) is 91.8 cm³/mol. The fraction of sp³-hybridized carbons (Fsp3) is 0.905. The van der Waals surface area contributed by atoms with Gasteiger partial charge >= 0.3 is 5.97 Å². The molecule has 0 aromatic rings. The van der Waals surface area contributed by atoms with Gasteiger partial charge in [-0.1, -0.05) is 13.8 Å². The van der Waals surface area contributed by atoms with Crippen LogP contribution in [0.4, 0.5) is 0 Å². The summed E-state index contributed by atoms with van der Waals surface area (Å²) in [5.41, 5.74) is 0.0500. The van der Waals surface area contributed by atoms with Crippen molar-refractivity contribution in [3.05, 3.63) is 0 Å². The summed E-state index contributed by atoms with van der Waals surface area (Å²) in [6.45, 7) is 6.18. The van der Waals surface area contributed by atoms with E-state index in [4.69, 9.17) is 9.47 Å². The summed E-state index contributed by atoms with van der Waals surface area (Å²) in [6.07, 6.45) is 8.45. The molecule has 0 amide bonds. The zero-order valence-electron chi connectivity index (χ0n) is 15.7. The number of carbonyl (C=O) groups excluding carboxylic acids is 2. The highest BCUT2D eigenvalue weighted by atomic mass is 16.6. The lowest BCUT2D eigenvalue weighted by molar-refractivity contribution is -0.157. The van der Waals surface area contributed by atoms with Gasteiger partial charge in [-0.2, -0.15) is 0 Å². The summed E-state index contributed by atoms with van der Waals surface area (Å²) in [6, 6.07) is 0. The number of Topliss-reactive ketones (excluding diaryl/α,β-unsaturated/α-hetero) is 1. The Labute approximate surface area is 150 Å². The standard InChI is InChI=1S/C21H30O4/c1-12(22)24-13-6-9-20(3)16-7-8-19(2)15(4-5-17(19)23)14(16)10-18-21(20,11-13)25-18/h13-16,18H,4-11H2,1-3H3/t13-,14-,15+,16-,18+,19+,20-,21+/m1/s1. The summed E-state index contributed by atoms with van der Waals surface area (Å²) in [5, 5.41) is 0. The Balaban J connectivity index is 1.44. The second-order valence-corrected chi connectivity index (χ2v) is 9.92. The first kappa shape index (κ1) is 16.3. The van der Waals surface area contributed by atoms with Crippen molar-refractivity contribution in [1.82, 2.24) is 0 Å². The summed E-state index contributed by atoms with van der Waals surface area (Å²) in [7, 11) is 0. The van der Waals surface area contributed by atoms with Crippen LogP contribution < -0.4 is 0 Å². The number of carbonyl (C=O) groups is 2. The molecule has 0 radical (unpaired) electrons. The van der Waals surface area contributed by atoms with Gasteiger partial charge in [-0.05, 0) is 56.3 Å². The molecule has 4 saturated carbocycles. The lowest BCUT2D eigenvalue weighted by Gasteiger charge is -2.58. The molecule has 4 aliphatic carbocycles. The molecule has 5 rings (SSSR count). The summed E-state index contributed by atoms with van der Waals surface area (Å²) in [5.74, 6) is 2.19. The SMILES string of the molecule is CC(=O)O[C@@H]1CC[C@]2(C)[C@@H]3CC[C@]4(C)C(=O)CC[C@H]4[C@H]3C[C@@H]3O[C@@]32C1. The number of fused-ring (bicyclic) bond motifs is 4. The molecular weight excluding hydrogens is 316 g/mol. The van der Waals surface area contributed by atoms with E-state index in [1.165, 1.54) is 6.92 Å². The third kappa shape index (κ3) is 1.92. The highest BCUT2D eigenvalue weighted by Crippen LogP contribution is 2.73. The van der Waals surface area contributed by atoms with Gasteiger partial charge in [0.25, 0.3) is 0 Å². The molecule has 5 aliphatic rings. The molecule has 5 fully saturated rings. The second-order valence-electron chi connectivity index (χ2n) is 9.92. The maximum absolute atomic E-state index is 12.5. The van der Waals surface area contributed by atoms with E-state index in [-0.39, 0.29) is 28.5 Å². The molecule has 0 N–H and O–H groups in total. The highest BCUT2D eigenvalue weighted by Gasteiger charge is 2.76. The number of rotatable bonds is 1. The number of hydrogen-bond donors (Lipinski definition) is 0. The molecule has 0 bridgehead atoms. The van der Waals surface area contributed by atoms with Gasteiger partial charge in [-0.25, -0.2) is 0 Å². The molecule has 138 valence electrons. The van der Waals surface area contributed by atoms with E-state index in [9.17, 15) is 9.59 Å². The Kier molecular flexibility index (Phi) is 3.18. The van der Waals surface area contributed by atoms with E-state index < -0.39 is 0 Å². The molecule has 0 aromatic carbocycles. The maximum Gasteiger partial charge on any atom is 0.302 e. The summed E-state index contributed by atoms with van der Waals surface area (Å²) >= 11 is 0. The van der Waals surface area contributed by atoms with E-state index >= 15 is 0 Å². The van der Waals surface area contributed by atoms with Crippen molar-refractivity contribution < 1.29 is 19.1 Å². The molecule has 1 spiro atoms. The minimum atomic E-state index is -0.172. The molecule has 25 heavy (non-hydrogen) atoms. The normalized spacial score (nSPS) is 56.3. The van der Waals surface area contributed by atoms with Crippen molar-refractivity contribution in [3.8, 4) is 0 Å². The molecule has 0 unspecified atom stereocenters. The topological polar surface area (TPSA) is 55.9 Å². The Morgan fingerprint density at radius 2 is 1.96 bits per heavy atom. The van der Waals surface area contributed by atoms with Gasteiger partial charge in [0.05, 0.1) is 6.10 Å². The molecule has 1 heterocycles. The van der Waals surface area contributed by atoms with Gasteiger partial charge in [-0.3, -0.25) is 9.59 Å². The van der Waals surface area contributed by atoms with Gasteiger partial charge in [0.1, 0.15) is 17.5 Å². The van der Waals surface area contributed by atoms with Crippen molar-refractivity contribution in [2.75, 3.05) is 0 Å². The lowest BCUT2D eigenvalue weighted by Crippen LogP contribution is -2.58. The van der Waals surface area contributed by atoms with Crippen LogP contribution in [0.5, 0.6) is 0 Å². The van der Waals surface area contributed by atoms with Crippen molar-refractivity contribution in [2.24, 2.45) is 28.6 Å². The van der Waals surface area contributed by atoms with Gasteiger partial charge < -0.3 is 9.47 Å². The molecule has 8 atom stereocenters. The monoisotopic (exact) mass is 346 g/mol. The van der Waals surface area contributed by atoms with Crippen LogP contribution in [0, 0.1) is 28.6 Å². The highest BCUT2D eigenvalue weighted by molar-refractivity contribution is 5.87. The quantitative estimate of drug-likeness (QED) is 0.537. The molecule has 0 aromatic heterocycles. The van der Waals surface area contributed by atoms with E-state index in [1.807, 2.05) is 0 Å². The van der Waals surface area contributed by atoms with Crippen LogP contribution in [0.1, 0.15) is 72.1 Å². The third-order valence-corrected chi connectivity index (χ3v) is 9.08. The van der Waals surface area contributed by atoms with Crippen LogP contribution in [-0.4, -0.2) is 29.6 Å². The van der Waals surface area contributed by atoms with Crippen LogP contribution in [0.3, 0.4) is 0 Å². The molecule has 4 nitrogen and oxygen atoms in total. The van der Waals surface area contributed by atoms with Crippen LogP contribution in [-0.2, 0) is 19.1 Å². The summed E-state index contributed by atoms with van der Waals surface area (Å²) < 4.78 is 12.0. The number of ether oxygens (including phenoxy) is 2. The Bertz CT molecular complexity index is 644. The third-order valence-electron chi connectivity index (χ3n) is 9.08. The minimum absolute atomic E-state index is 0.0223. The average molecular weight is 346 g/mol. The first-order valence-corrected chi connectivity index (χ1v) is 10.2. The first-order chi connectivity index (χ1) is 11.8. The Hall–Kier alpha value is -0.900. The van der Waals surface area contributed by atoms with Gasteiger partial charge in [0, 0.05) is 30.6 Å². The van der Waals surface area contributed by atoms with Crippen molar-refractivity contribution in [3.63, 3.8) is 0 Å². The van der Waals surface area contributed by atoms with Crippen molar-refractivity contribution in [2.45, 2.75) is 89.9 Å². The summed E-state index contributed by atoms with van der Waals surface area (Å²) in [4.78, 5) is 23.9. The maximum atomic E-state index is 12.5. The number of hydrogen-bond acceptors (Lipinski definition) is 4. The number of epoxide rings is 1. The van der Waals surface area contributed by atoms with Gasteiger partial charge in [0.2, 0.25) is 0 Å². The lowest BCUT2D eigenvalue weighted by atomic mass is 9.45. The molecule has 1 saturated heterocycles. The zero-order valence-corrected chi connectivity index (χ0v) is 15.7. The van der Waals surface area contributed by atoms with E-state index in [1.54, 1.807) is 0 Å². The van der Waals surface area contributed by atoms with Crippen molar-refractivity contribution >= 4 is 11.8 Å². The zero-order chi connectivity index (χ0) is 17.6. The van der Waals surface area contributed by atoms with E-state index in [0.717, 1.165) is 51.4 Å². The fourth-order valence-electron chi connectivity index (χ4n) is 7.75. The second kappa shape index (κ2) is 4.88. The molecule has 1 aliphatic heterocycles. The van der Waals surface area contributed by atoms with Crippen molar-refractivity contribution in [1.29, 1.82) is 0 Å². The number of ketones is 1. The van der Waals surface area contributed by atoms with E-state index in [2.05, 4.69) is 13.8 Å². The van der Waals surface area contributed by atoms with Crippen LogP contribution >= 0.6 is 0 Å². The van der Waals surface area contributed by atoms with Crippen LogP contribution in [0.15, 0.2) is 0 Å². The smallest absolute Gasteiger partial charge is 0.302 e. The Morgan fingerprint density at radius 1 is 1.16 bits per heavy atom. The predicted octanol–water partition coefficient (Wildman–Crippen LogP) is 3.66. The fourth-order valence-corrected chi connectivity index (χ4v) is 7.75. The van der Waals surface area contributed by atoms with Gasteiger partial charge in [-0.15, -0.1) is 0 Å². The number of esters is 1. The first-order valence-electron chi connectivity index (χ1n) is 10.2. The van der Waals surface area contributed by atoms with Gasteiger partial charge in [0.15, 0.2) is 0 Å².